The summed E-state index contributed by atoms with van der Waals surface area (Å²) in [5.74, 6) is -0.143. The Morgan fingerprint density at radius 1 is 0.459 bits per heavy atom. The molecule has 0 aliphatic heterocycles. The van der Waals surface area contributed by atoms with E-state index in [4.69, 9.17) is 42.6 Å². The molecule has 0 rings (SSSR count). The quantitative estimate of drug-likeness (QED) is 0.0646. The number of ether oxygens (including phenoxy) is 9. The fourth-order valence-corrected chi connectivity index (χ4v) is 3.08. The van der Waals surface area contributed by atoms with Crippen molar-refractivity contribution in [3.05, 3.63) is 0 Å². The third-order valence-corrected chi connectivity index (χ3v) is 5.12. The Morgan fingerprint density at radius 3 is 1.14 bits per heavy atom. The highest BCUT2D eigenvalue weighted by molar-refractivity contribution is 9.09. The fourth-order valence-electron chi connectivity index (χ4n) is 2.86. The van der Waals surface area contributed by atoms with Gasteiger partial charge in [0.05, 0.1) is 106 Å². The maximum absolute atomic E-state index is 11.6. The van der Waals surface area contributed by atoms with Crippen LogP contribution in [-0.2, 0) is 47.4 Å². The van der Waals surface area contributed by atoms with Gasteiger partial charge in [-0.1, -0.05) is 48.5 Å². The summed E-state index contributed by atoms with van der Waals surface area (Å²) >= 11 is 3.30. The predicted octanol–water partition coefficient (Wildman–Crippen LogP) is 3.42. The van der Waals surface area contributed by atoms with E-state index in [1.165, 1.54) is 19.3 Å². The minimum atomic E-state index is -0.143. The molecule has 0 aliphatic carbocycles. The summed E-state index contributed by atoms with van der Waals surface area (Å²) in [7, 11) is 0. The highest BCUT2D eigenvalue weighted by atomic mass is 79.9. The highest BCUT2D eigenvalue weighted by Crippen LogP contribution is 2.05. The zero-order valence-corrected chi connectivity index (χ0v) is 24.5. The lowest BCUT2D eigenvalue weighted by molar-refractivity contribution is -0.145. The number of carbonyl (C=O) groups is 1. The molecule has 11 heteroatoms. The number of hydrogen-bond donors (Lipinski definition) is 0. The second kappa shape index (κ2) is 33.7. The molecule has 0 amide bonds. The lowest BCUT2D eigenvalue weighted by Gasteiger charge is -2.09. The molecule has 0 aromatic carbocycles. The summed E-state index contributed by atoms with van der Waals surface area (Å²) in [6.07, 6.45) is 6.10. The average molecular weight is 604 g/mol. The standard InChI is InChI=1S/C26H51BrO10/c1-2-3-4-5-6-7-26(28)37-25-24-36-23-22-35-21-20-34-19-18-33-17-16-32-15-14-31-13-12-30-11-10-29-9-8-27/h2-25H2,1H3. The first-order valence-corrected chi connectivity index (χ1v) is 14.8. The molecule has 0 bridgehead atoms. The van der Waals surface area contributed by atoms with Gasteiger partial charge in [0.25, 0.3) is 0 Å². The third-order valence-electron chi connectivity index (χ3n) is 4.80. The summed E-state index contributed by atoms with van der Waals surface area (Å²) in [4.78, 5) is 11.6. The van der Waals surface area contributed by atoms with Crippen molar-refractivity contribution in [1.82, 2.24) is 0 Å². The van der Waals surface area contributed by atoms with Crippen LogP contribution in [-0.4, -0.2) is 124 Å². The van der Waals surface area contributed by atoms with Gasteiger partial charge in [-0.25, -0.2) is 0 Å². The van der Waals surface area contributed by atoms with Crippen LogP contribution in [0.15, 0.2) is 0 Å². The zero-order chi connectivity index (χ0) is 26.9. The summed E-state index contributed by atoms with van der Waals surface area (Å²) in [5, 5.41) is 0.838. The molecule has 0 saturated heterocycles. The van der Waals surface area contributed by atoms with E-state index < -0.39 is 0 Å². The smallest absolute Gasteiger partial charge is 0.305 e. The Balaban J connectivity index is 3.08. The summed E-state index contributed by atoms with van der Waals surface area (Å²) < 4.78 is 48.4. The number of esters is 1. The topological polar surface area (TPSA) is 100 Å². The maximum Gasteiger partial charge on any atom is 0.305 e. The highest BCUT2D eigenvalue weighted by Gasteiger charge is 2.02. The lowest BCUT2D eigenvalue weighted by Crippen LogP contribution is -2.15. The van der Waals surface area contributed by atoms with Gasteiger partial charge in [-0.2, -0.15) is 0 Å². The van der Waals surface area contributed by atoms with Crippen LogP contribution in [0.1, 0.15) is 45.4 Å². The minimum absolute atomic E-state index is 0.143. The first kappa shape index (κ1) is 36.6. The van der Waals surface area contributed by atoms with Gasteiger partial charge in [-0.15, -0.1) is 0 Å². The molecule has 10 nitrogen and oxygen atoms in total. The molecule has 0 aromatic rings. The number of alkyl halides is 1. The molecule has 0 N–H and O–H groups in total. The lowest BCUT2D eigenvalue weighted by atomic mass is 10.1. The van der Waals surface area contributed by atoms with Crippen molar-refractivity contribution < 1.29 is 47.4 Å². The fraction of sp³-hybridized carbons (Fsp3) is 0.962. The Hall–Kier alpha value is -0.370. The average Bonchev–Trinajstić information content (AvgIpc) is 2.90. The monoisotopic (exact) mass is 602 g/mol. The van der Waals surface area contributed by atoms with Gasteiger partial charge in [-0.05, 0) is 6.42 Å². The third kappa shape index (κ3) is 33.6. The van der Waals surface area contributed by atoms with E-state index in [1.807, 2.05) is 0 Å². The van der Waals surface area contributed by atoms with Crippen molar-refractivity contribution in [3.8, 4) is 0 Å². The van der Waals surface area contributed by atoms with Crippen molar-refractivity contribution in [2.75, 3.05) is 118 Å². The predicted molar refractivity (Wildman–Crippen MR) is 145 cm³/mol. The molecule has 0 fully saturated rings. The molecule has 0 unspecified atom stereocenters. The number of rotatable bonds is 32. The van der Waals surface area contributed by atoms with Crippen LogP contribution < -0.4 is 0 Å². The first-order valence-electron chi connectivity index (χ1n) is 13.6. The van der Waals surface area contributed by atoms with E-state index in [1.54, 1.807) is 0 Å². The van der Waals surface area contributed by atoms with Gasteiger partial charge < -0.3 is 42.6 Å². The molecule has 0 radical (unpaired) electrons. The molecule has 37 heavy (non-hydrogen) atoms. The van der Waals surface area contributed by atoms with E-state index >= 15 is 0 Å². The van der Waals surface area contributed by atoms with Crippen LogP contribution in [0.3, 0.4) is 0 Å². The van der Waals surface area contributed by atoms with Gasteiger partial charge in [0, 0.05) is 11.8 Å². The Kier molecular flexibility index (Phi) is 33.3. The van der Waals surface area contributed by atoms with Gasteiger partial charge >= 0.3 is 5.97 Å². The Morgan fingerprint density at radius 2 is 0.784 bits per heavy atom. The largest absolute Gasteiger partial charge is 0.463 e. The van der Waals surface area contributed by atoms with E-state index in [0.717, 1.165) is 18.2 Å². The molecule has 0 spiro atoms. The summed E-state index contributed by atoms with van der Waals surface area (Å²) in [6.45, 7) is 10.9. The van der Waals surface area contributed by atoms with Crippen LogP contribution in [0.2, 0.25) is 0 Å². The molecular formula is C26H51BrO10. The van der Waals surface area contributed by atoms with Crippen LogP contribution in [0, 0.1) is 0 Å². The van der Waals surface area contributed by atoms with E-state index in [9.17, 15) is 4.79 Å². The SMILES string of the molecule is CCCCCCCC(=O)OCCOCCOCCOCCOCCOCCOCCOCCOCCBr. The zero-order valence-electron chi connectivity index (χ0n) is 22.9. The molecule has 0 atom stereocenters. The van der Waals surface area contributed by atoms with Gasteiger partial charge in [0.15, 0.2) is 0 Å². The second-order valence-corrected chi connectivity index (χ2v) is 8.77. The molecular weight excluding hydrogens is 552 g/mol. The number of unbranched alkanes of at least 4 members (excludes halogenated alkanes) is 4. The number of halogens is 1. The molecule has 0 heterocycles. The van der Waals surface area contributed by atoms with Gasteiger partial charge in [-0.3, -0.25) is 4.79 Å². The summed E-state index contributed by atoms with van der Waals surface area (Å²) in [5.41, 5.74) is 0. The number of hydrogen-bond acceptors (Lipinski definition) is 10. The van der Waals surface area contributed by atoms with E-state index in [0.29, 0.717) is 119 Å². The molecule has 222 valence electrons. The van der Waals surface area contributed by atoms with Crippen molar-refractivity contribution in [2.24, 2.45) is 0 Å². The van der Waals surface area contributed by atoms with Crippen LogP contribution in [0.5, 0.6) is 0 Å². The van der Waals surface area contributed by atoms with E-state index in [2.05, 4.69) is 22.9 Å². The Bertz CT molecular complexity index is 446. The van der Waals surface area contributed by atoms with Crippen molar-refractivity contribution in [1.29, 1.82) is 0 Å². The normalized spacial score (nSPS) is 11.3. The second-order valence-electron chi connectivity index (χ2n) is 7.97. The van der Waals surface area contributed by atoms with Gasteiger partial charge in [0.1, 0.15) is 6.61 Å². The maximum atomic E-state index is 11.6. The molecule has 0 saturated carbocycles. The molecule has 0 aromatic heterocycles. The number of carbonyl (C=O) groups excluding carboxylic acids is 1. The van der Waals surface area contributed by atoms with Crippen LogP contribution >= 0.6 is 15.9 Å². The van der Waals surface area contributed by atoms with Crippen molar-refractivity contribution in [3.63, 3.8) is 0 Å². The van der Waals surface area contributed by atoms with Crippen LogP contribution in [0.4, 0.5) is 0 Å². The van der Waals surface area contributed by atoms with Crippen molar-refractivity contribution in [2.45, 2.75) is 45.4 Å². The first-order chi connectivity index (χ1) is 18.3. The molecule has 0 aliphatic rings. The van der Waals surface area contributed by atoms with Gasteiger partial charge in [0.2, 0.25) is 0 Å². The van der Waals surface area contributed by atoms with Crippen molar-refractivity contribution >= 4 is 21.9 Å². The summed E-state index contributed by atoms with van der Waals surface area (Å²) in [6, 6.07) is 0. The van der Waals surface area contributed by atoms with Crippen LogP contribution in [0.25, 0.3) is 0 Å². The minimum Gasteiger partial charge on any atom is -0.463 e. The Labute approximate surface area is 232 Å². The van der Waals surface area contributed by atoms with E-state index in [-0.39, 0.29) is 5.97 Å².